The molecule has 1 aliphatic rings. The van der Waals surface area contributed by atoms with Crippen LogP contribution in [0.4, 0.5) is 0 Å². The molecular weight excluding hydrogens is 228 g/mol. The van der Waals surface area contributed by atoms with Crippen molar-refractivity contribution in [1.29, 1.82) is 0 Å². The van der Waals surface area contributed by atoms with E-state index < -0.39 is 0 Å². The number of alkyl halides is 1. The highest BCUT2D eigenvalue weighted by atomic mass is 35.5. The van der Waals surface area contributed by atoms with Crippen LogP contribution in [0.5, 0.6) is 11.5 Å². The van der Waals surface area contributed by atoms with E-state index in [2.05, 4.69) is 9.97 Å². The number of imidazole rings is 1. The van der Waals surface area contributed by atoms with Crippen molar-refractivity contribution in [2.24, 2.45) is 0 Å². The minimum Gasteiger partial charge on any atom is -0.489 e. The van der Waals surface area contributed by atoms with Crippen LogP contribution in [0.25, 0.3) is 11.0 Å². The molecule has 1 aromatic carbocycles. The van der Waals surface area contributed by atoms with Crippen LogP contribution in [0.2, 0.25) is 0 Å². The first-order chi connectivity index (χ1) is 7.86. The lowest BCUT2D eigenvalue weighted by Crippen LogP contribution is -1.97. The predicted octanol–water partition coefficient (Wildman–Crippen LogP) is 2.46. The highest BCUT2D eigenvalue weighted by molar-refractivity contribution is 6.16. The Morgan fingerprint density at radius 3 is 2.75 bits per heavy atom. The maximum Gasteiger partial charge on any atom is 0.163 e. The van der Waals surface area contributed by atoms with Crippen LogP contribution >= 0.6 is 11.6 Å². The van der Waals surface area contributed by atoms with Gasteiger partial charge in [-0.3, -0.25) is 0 Å². The molecular formula is C11H11ClN2O2. The van der Waals surface area contributed by atoms with Gasteiger partial charge in [0.1, 0.15) is 5.82 Å². The van der Waals surface area contributed by atoms with Crippen molar-refractivity contribution in [2.45, 2.75) is 12.3 Å². The predicted molar refractivity (Wildman–Crippen MR) is 61.3 cm³/mol. The van der Waals surface area contributed by atoms with Crippen molar-refractivity contribution in [3.8, 4) is 11.5 Å². The number of benzene rings is 1. The van der Waals surface area contributed by atoms with Gasteiger partial charge in [0, 0.05) is 18.6 Å². The monoisotopic (exact) mass is 238 g/mol. The second-order valence-corrected chi connectivity index (χ2v) is 3.95. The third-order valence-electron chi connectivity index (χ3n) is 2.53. The average Bonchev–Trinajstić information content (AvgIpc) is 2.56. The number of halogens is 1. The number of rotatable bonds is 1. The molecule has 1 aromatic heterocycles. The van der Waals surface area contributed by atoms with Crippen LogP contribution in [0.1, 0.15) is 12.2 Å². The van der Waals surface area contributed by atoms with E-state index in [0.717, 1.165) is 34.8 Å². The number of H-pyrrole nitrogens is 1. The molecule has 2 heterocycles. The summed E-state index contributed by atoms with van der Waals surface area (Å²) < 4.78 is 11.2. The lowest BCUT2D eigenvalue weighted by atomic mass is 10.3. The van der Waals surface area contributed by atoms with E-state index in [1.54, 1.807) is 0 Å². The molecule has 84 valence electrons. The zero-order valence-electron chi connectivity index (χ0n) is 8.62. The summed E-state index contributed by atoms with van der Waals surface area (Å²) in [5, 5.41) is 0. The normalized spacial score (nSPS) is 15.1. The van der Waals surface area contributed by atoms with Gasteiger partial charge in [0.2, 0.25) is 0 Å². The highest BCUT2D eigenvalue weighted by Crippen LogP contribution is 2.33. The van der Waals surface area contributed by atoms with E-state index >= 15 is 0 Å². The summed E-state index contributed by atoms with van der Waals surface area (Å²) in [4.78, 5) is 7.48. The van der Waals surface area contributed by atoms with E-state index in [-0.39, 0.29) is 0 Å². The number of fused-ring (bicyclic) bond motifs is 2. The highest BCUT2D eigenvalue weighted by Gasteiger charge is 2.13. The molecule has 0 atom stereocenters. The summed E-state index contributed by atoms with van der Waals surface area (Å²) >= 11 is 5.73. The molecule has 3 rings (SSSR count). The van der Waals surface area contributed by atoms with Gasteiger partial charge in [0.25, 0.3) is 0 Å². The second kappa shape index (κ2) is 3.87. The zero-order chi connectivity index (χ0) is 11.0. The molecule has 0 bridgehead atoms. The first-order valence-electron chi connectivity index (χ1n) is 5.21. The van der Waals surface area contributed by atoms with Crippen LogP contribution in [0, 0.1) is 0 Å². The molecule has 0 saturated heterocycles. The molecule has 0 spiro atoms. The van der Waals surface area contributed by atoms with Gasteiger partial charge in [-0.2, -0.15) is 0 Å². The van der Waals surface area contributed by atoms with Crippen LogP contribution in [-0.2, 0) is 5.88 Å². The van der Waals surface area contributed by atoms with Crippen molar-refractivity contribution in [2.75, 3.05) is 13.2 Å². The quantitative estimate of drug-likeness (QED) is 0.777. The van der Waals surface area contributed by atoms with Crippen LogP contribution in [0.15, 0.2) is 12.1 Å². The zero-order valence-corrected chi connectivity index (χ0v) is 9.38. The third kappa shape index (κ3) is 1.59. The van der Waals surface area contributed by atoms with Gasteiger partial charge in [-0.05, 0) is 0 Å². The SMILES string of the molecule is ClCc1nc2cc3c(cc2[nH]1)OCCCO3. The molecule has 0 aliphatic carbocycles. The number of aromatic nitrogens is 2. The Labute approximate surface area is 97.5 Å². The van der Waals surface area contributed by atoms with Gasteiger partial charge in [0.15, 0.2) is 11.5 Å². The number of ether oxygens (including phenoxy) is 2. The first-order valence-corrected chi connectivity index (χ1v) is 5.74. The molecule has 1 N–H and O–H groups in total. The fraction of sp³-hybridized carbons (Fsp3) is 0.364. The Morgan fingerprint density at radius 1 is 1.25 bits per heavy atom. The molecule has 0 unspecified atom stereocenters. The fourth-order valence-corrected chi connectivity index (χ4v) is 1.91. The van der Waals surface area contributed by atoms with Crippen molar-refractivity contribution in [3.63, 3.8) is 0 Å². The minimum atomic E-state index is 0.376. The molecule has 1 aliphatic heterocycles. The lowest BCUT2D eigenvalue weighted by molar-refractivity contribution is 0.297. The van der Waals surface area contributed by atoms with Gasteiger partial charge in [-0.1, -0.05) is 0 Å². The summed E-state index contributed by atoms with van der Waals surface area (Å²) in [5.74, 6) is 2.67. The second-order valence-electron chi connectivity index (χ2n) is 3.68. The lowest BCUT2D eigenvalue weighted by Gasteiger charge is -2.05. The van der Waals surface area contributed by atoms with Crippen LogP contribution < -0.4 is 9.47 Å². The van der Waals surface area contributed by atoms with Crippen molar-refractivity contribution < 1.29 is 9.47 Å². The van der Waals surface area contributed by atoms with E-state index in [9.17, 15) is 0 Å². The Morgan fingerprint density at radius 2 is 2.00 bits per heavy atom. The number of aromatic amines is 1. The third-order valence-corrected chi connectivity index (χ3v) is 2.78. The molecule has 5 heteroatoms. The number of nitrogens with zero attached hydrogens (tertiary/aromatic N) is 1. The van der Waals surface area contributed by atoms with Gasteiger partial charge in [0.05, 0.1) is 30.1 Å². The van der Waals surface area contributed by atoms with Gasteiger partial charge < -0.3 is 14.5 Å². The molecule has 0 saturated carbocycles. The van der Waals surface area contributed by atoms with Crippen LogP contribution in [-0.4, -0.2) is 23.2 Å². The summed E-state index contributed by atoms with van der Waals surface area (Å²) in [7, 11) is 0. The first kappa shape index (κ1) is 9.78. The smallest absolute Gasteiger partial charge is 0.163 e. The summed E-state index contributed by atoms with van der Waals surface area (Å²) in [6.07, 6.45) is 0.906. The molecule has 0 amide bonds. The van der Waals surface area contributed by atoms with Crippen molar-refractivity contribution in [3.05, 3.63) is 18.0 Å². The Balaban J connectivity index is 2.14. The van der Waals surface area contributed by atoms with Gasteiger partial charge >= 0.3 is 0 Å². The summed E-state index contributed by atoms with van der Waals surface area (Å²) in [5.41, 5.74) is 1.79. The molecule has 2 aromatic rings. The van der Waals surface area contributed by atoms with Gasteiger partial charge in [-0.25, -0.2) is 4.98 Å². The molecule has 16 heavy (non-hydrogen) atoms. The topological polar surface area (TPSA) is 47.1 Å². The Kier molecular flexibility index (Phi) is 2.36. The molecule has 0 radical (unpaired) electrons. The Bertz CT molecular complexity index is 481. The average molecular weight is 239 g/mol. The maximum atomic E-state index is 5.73. The largest absolute Gasteiger partial charge is 0.489 e. The van der Waals surface area contributed by atoms with Crippen molar-refractivity contribution >= 4 is 22.6 Å². The fourth-order valence-electron chi connectivity index (χ4n) is 1.78. The van der Waals surface area contributed by atoms with E-state index in [1.807, 2.05) is 12.1 Å². The maximum absolute atomic E-state index is 5.73. The summed E-state index contributed by atoms with van der Waals surface area (Å²) in [6, 6.07) is 3.81. The van der Waals surface area contributed by atoms with Crippen LogP contribution in [0.3, 0.4) is 0 Å². The number of nitrogens with one attached hydrogen (secondary N) is 1. The van der Waals surface area contributed by atoms with Gasteiger partial charge in [-0.15, -0.1) is 11.6 Å². The minimum absolute atomic E-state index is 0.376. The molecule has 0 fully saturated rings. The van der Waals surface area contributed by atoms with E-state index in [0.29, 0.717) is 19.1 Å². The molecule has 4 nitrogen and oxygen atoms in total. The van der Waals surface area contributed by atoms with E-state index in [4.69, 9.17) is 21.1 Å². The standard InChI is InChI=1S/C11H11ClN2O2/c12-6-11-13-7-4-9-10(5-8(7)14-11)16-3-1-2-15-9/h4-5H,1-3,6H2,(H,13,14). The van der Waals surface area contributed by atoms with Crippen molar-refractivity contribution in [1.82, 2.24) is 9.97 Å². The Hall–Kier alpha value is -1.42. The summed E-state index contributed by atoms with van der Waals surface area (Å²) in [6.45, 7) is 1.38. The van der Waals surface area contributed by atoms with E-state index in [1.165, 1.54) is 0 Å². The number of hydrogen-bond donors (Lipinski definition) is 1. The number of hydrogen-bond acceptors (Lipinski definition) is 3.